The third-order valence-corrected chi connectivity index (χ3v) is 6.17. The molecule has 1 amide bonds. The van der Waals surface area contributed by atoms with Gasteiger partial charge in [-0.15, -0.1) is 0 Å². The molecule has 6 nitrogen and oxygen atoms in total. The monoisotopic (exact) mass is 363 g/mol. The van der Waals surface area contributed by atoms with E-state index in [2.05, 4.69) is 20.1 Å². The van der Waals surface area contributed by atoms with Crippen LogP contribution in [-0.2, 0) is 17.8 Å². The van der Waals surface area contributed by atoms with Crippen molar-refractivity contribution in [2.75, 3.05) is 5.32 Å². The Labute approximate surface area is 158 Å². The number of aromatic nitrogens is 4. The average Bonchev–Trinajstić information content (AvgIpc) is 3.34. The third kappa shape index (κ3) is 3.13. The van der Waals surface area contributed by atoms with Gasteiger partial charge in [0.05, 0.1) is 11.7 Å². The molecule has 1 aliphatic heterocycles. The van der Waals surface area contributed by atoms with Crippen LogP contribution in [0.3, 0.4) is 0 Å². The molecule has 1 aromatic carbocycles. The van der Waals surface area contributed by atoms with Gasteiger partial charge >= 0.3 is 0 Å². The smallest absolute Gasteiger partial charge is 0.227 e. The SMILES string of the molecule is O=C(Nc1ccc2[nH]ncc2c1)C1CCn2c(cnc2C2CCCCC2)C1. The van der Waals surface area contributed by atoms with Crippen LogP contribution < -0.4 is 5.32 Å². The number of anilines is 1. The van der Waals surface area contributed by atoms with Crippen LogP contribution in [0.2, 0.25) is 0 Å². The number of carbonyl (C=O) groups excluding carboxylic acids is 1. The number of nitrogens with zero attached hydrogens (tertiary/aromatic N) is 3. The van der Waals surface area contributed by atoms with Gasteiger partial charge in [-0.1, -0.05) is 19.3 Å². The fourth-order valence-corrected chi connectivity index (χ4v) is 4.66. The van der Waals surface area contributed by atoms with Crippen molar-refractivity contribution in [3.05, 3.63) is 42.1 Å². The zero-order valence-electron chi connectivity index (χ0n) is 15.4. The van der Waals surface area contributed by atoms with Gasteiger partial charge in [0.15, 0.2) is 0 Å². The van der Waals surface area contributed by atoms with Gasteiger partial charge in [-0.3, -0.25) is 9.89 Å². The maximum absolute atomic E-state index is 12.8. The van der Waals surface area contributed by atoms with Crippen LogP contribution in [0.4, 0.5) is 5.69 Å². The molecule has 1 saturated carbocycles. The molecule has 2 aliphatic rings. The number of imidazole rings is 1. The van der Waals surface area contributed by atoms with E-state index in [0.29, 0.717) is 5.92 Å². The van der Waals surface area contributed by atoms with E-state index in [4.69, 9.17) is 4.98 Å². The van der Waals surface area contributed by atoms with Crippen molar-refractivity contribution in [2.24, 2.45) is 5.92 Å². The Morgan fingerprint density at radius 3 is 2.93 bits per heavy atom. The predicted octanol–water partition coefficient (Wildman–Crippen LogP) is 4.01. The van der Waals surface area contributed by atoms with Crippen LogP contribution in [-0.4, -0.2) is 25.7 Å². The number of amides is 1. The van der Waals surface area contributed by atoms with Crippen molar-refractivity contribution in [3.8, 4) is 0 Å². The summed E-state index contributed by atoms with van der Waals surface area (Å²) in [4.78, 5) is 17.5. The maximum atomic E-state index is 12.8. The lowest BCUT2D eigenvalue weighted by atomic mass is 9.88. The Bertz CT molecular complexity index is 966. The summed E-state index contributed by atoms with van der Waals surface area (Å²) in [5, 5.41) is 11.1. The van der Waals surface area contributed by atoms with Crippen molar-refractivity contribution in [2.45, 2.75) is 57.4 Å². The number of rotatable bonds is 3. The molecule has 1 unspecified atom stereocenters. The minimum Gasteiger partial charge on any atom is -0.332 e. The molecular formula is C21H25N5O. The minimum absolute atomic E-state index is 0.00783. The van der Waals surface area contributed by atoms with Crippen LogP contribution in [0.25, 0.3) is 10.9 Å². The topological polar surface area (TPSA) is 75.6 Å². The first kappa shape index (κ1) is 16.5. The summed E-state index contributed by atoms with van der Waals surface area (Å²) in [6.45, 7) is 0.903. The van der Waals surface area contributed by atoms with E-state index in [1.165, 1.54) is 43.6 Å². The van der Waals surface area contributed by atoms with Gasteiger partial charge < -0.3 is 9.88 Å². The highest BCUT2D eigenvalue weighted by atomic mass is 16.1. The summed E-state index contributed by atoms with van der Waals surface area (Å²) in [6.07, 6.45) is 11.9. The molecule has 1 aliphatic carbocycles. The number of benzene rings is 1. The summed E-state index contributed by atoms with van der Waals surface area (Å²) in [5.41, 5.74) is 3.02. The molecular weight excluding hydrogens is 338 g/mol. The molecule has 1 fully saturated rings. The lowest BCUT2D eigenvalue weighted by Gasteiger charge is -2.27. The Balaban J connectivity index is 1.28. The first-order chi connectivity index (χ1) is 13.3. The van der Waals surface area contributed by atoms with E-state index in [1.54, 1.807) is 6.20 Å². The van der Waals surface area contributed by atoms with E-state index in [9.17, 15) is 4.79 Å². The van der Waals surface area contributed by atoms with Crippen LogP contribution in [0.5, 0.6) is 0 Å². The van der Waals surface area contributed by atoms with Gasteiger partial charge in [-0.05, 0) is 37.5 Å². The fourth-order valence-electron chi connectivity index (χ4n) is 4.66. The highest BCUT2D eigenvalue weighted by Crippen LogP contribution is 2.34. The van der Waals surface area contributed by atoms with Gasteiger partial charge in [0.25, 0.3) is 0 Å². The minimum atomic E-state index is 0.00783. The molecule has 140 valence electrons. The fraction of sp³-hybridized carbons (Fsp3) is 0.476. The highest BCUT2D eigenvalue weighted by molar-refractivity contribution is 5.95. The zero-order chi connectivity index (χ0) is 18.2. The Kier molecular flexibility index (Phi) is 4.19. The summed E-state index contributed by atoms with van der Waals surface area (Å²) >= 11 is 0. The van der Waals surface area contributed by atoms with Crippen molar-refractivity contribution in [3.63, 3.8) is 0 Å². The Morgan fingerprint density at radius 1 is 1.15 bits per heavy atom. The van der Waals surface area contributed by atoms with Crippen LogP contribution in [0, 0.1) is 5.92 Å². The van der Waals surface area contributed by atoms with E-state index in [-0.39, 0.29) is 11.8 Å². The molecule has 5 rings (SSSR count). The van der Waals surface area contributed by atoms with Gasteiger partial charge in [-0.25, -0.2) is 4.98 Å². The van der Waals surface area contributed by atoms with Crippen molar-refractivity contribution >= 4 is 22.5 Å². The van der Waals surface area contributed by atoms with Crippen molar-refractivity contribution < 1.29 is 4.79 Å². The van der Waals surface area contributed by atoms with Crippen LogP contribution in [0.1, 0.15) is 56.0 Å². The molecule has 3 aromatic rings. The summed E-state index contributed by atoms with van der Waals surface area (Å²) in [7, 11) is 0. The summed E-state index contributed by atoms with van der Waals surface area (Å²) in [5.74, 6) is 1.98. The molecule has 0 saturated heterocycles. The Hall–Kier alpha value is -2.63. The third-order valence-electron chi connectivity index (χ3n) is 6.17. The van der Waals surface area contributed by atoms with Gasteiger partial charge in [0.2, 0.25) is 5.91 Å². The first-order valence-corrected chi connectivity index (χ1v) is 10.1. The normalized spacial score (nSPS) is 20.5. The summed E-state index contributed by atoms with van der Waals surface area (Å²) < 4.78 is 2.39. The molecule has 0 spiro atoms. The predicted molar refractivity (Wildman–Crippen MR) is 105 cm³/mol. The largest absolute Gasteiger partial charge is 0.332 e. The molecule has 2 aromatic heterocycles. The second-order valence-electron chi connectivity index (χ2n) is 7.95. The van der Waals surface area contributed by atoms with E-state index in [1.807, 2.05) is 24.4 Å². The van der Waals surface area contributed by atoms with Crippen molar-refractivity contribution in [1.29, 1.82) is 0 Å². The summed E-state index contributed by atoms with van der Waals surface area (Å²) in [6, 6.07) is 5.84. The first-order valence-electron chi connectivity index (χ1n) is 10.1. The van der Waals surface area contributed by atoms with E-state index in [0.717, 1.165) is 36.0 Å². The van der Waals surface area contributed by atoms with E-state index < -0.39 is 0 Å². The molecule has 2 N–H and O–H groups in total. The molecule has 3 heterocycles. The zero-order valence-corrected chi connectivity index (χ0v) is 15.4. The highest BCUT2D eigenvalue weighted by Gasteiger charge is 2.29. The van der Waals surface area contributed by atoms with E-state index >= 15 is 0 Å². The molecule has 27 heavy (non-hydrogen) atoms. The lowest BCUT2D eigenvalue weighted by molar-refractivity contribution is -0.120. The molecule has 1 atom stereocenters. The average molecular weight is 363 g/mol. The number of aromatic amines is 1. The van der Waals surface area contributed by atoms with Crippen molar-refractivity contribution in [1.82, 2.24) is 19.7 Å². The van der Waals surface area contributed by atoms with Crippen LogP contribution in [0.15, 0.2) is 30.6 Å². The number of H-pyrrole nitrogens is 1. The number of hydrogen-bond donors (Lipinski definition) is 2. The second-order valence-corrected chi connectivity index (χ2v) is 7.95. The van der Waals surface area contributed by atoms with Gasteiger partial charge in [0.1, 0.15) is 5.82 Å². The van der Waals surface area contributed by atoms with Crippen LogP contribution >= 0.6 is 0 Å². The lowest BCUT2D eigenvalue weighted by Crippen LogP contribution is -2.31. The van der Waals surface area contributed by atoms with Gasteiger partial charge in [-0.2, -0.15) is 5.10 Å². The number of carbonyl (C=O) groups is 1. The number of nitrogens with one attached hydrogen (secondary N) is 2. The second kappa shape index (κ2) is 6.83. The number of hydrogen-bond acceptors (Lipinski definition) is 3. The molecule has 0 bridgehead atoms. The molecule has 6 heteroatoms. The Morgan fingerprint density at radius 2 is 2.04 bits per heavy atom. The standard InChI is InChI=1S/C21H25N5O/c27-21(24-17-6-7-19-16(10-17)12-23-25-19)15-8-9-26-18(11-15)13-22-20(26)14-4-2-1-3-5-14/h6-7,10,12-15H,1-5,8-9,11H2,(H,23,25)(H,24,27). The molecule has 0 radical (unpaired) electrons. The maximum Gasteiger partial charge on any atom is 0.227 e. The van der Waals surface area contributed by atoms with Gasteiger partial charge in [0, 0.05) is 47.8 Å². The number of fused-ring (bicyclic) bond motifs is 2. The quantitative estimate of drug-likeness (QED) is 0.738.